The molecule has 5 rings (SSSR count). The highest BCUT2D eigenvalue weighted by molar-refractivity contribution is 6.06. The SMILES string of the molecule is Cn1ncc(C(=O)N2CCC2)c1C(=O)NC1=C/C=C/c2nc(-c3ccccc3)cn2C=C1. The predicted molar refractivity (Wildman–Crippen MR) is 121 cm³/mol. The standard InChI is InChI=1S/C24H22N6O2/c1-28-22(19(15-25-28)24(32)29-12-6-13-29)23(31)26-18-9-5-10-21-27-20(16-30(21)14-11-18)17-7-3-2-4-8-17/h2-5,7-11,14-16H,6,12-13H2,1H3,(H,26,31)/b10-5+,14-11?,18-9?. The lowest BCUT2D eigenvalue weighted by Crippen LogP contribution is -2.42. The van der Waals surface area contributed by atoms with Gasteiger partial charge in [-0.3, -0.25) is 14.3 Å². The van der Waals surface area contributed by atoms with Crippen LogP contribution in [-0.4, -0.2) is 49.1 Å². The summed E-state index contributed by atoms with van der Waals surface area (Å²) in [5, 5.41) is 7.02. The van der Waals surface area contributed by atoms with Gasteiger partial charge in [0.2, 0.25) is 0 Å². The maximum absolute atomic E-state index is 13.0. The van der Waals surface area contributed by atoms with Crippen molar-refractivity contribution in [3.8, 4) is 11.3 Å². The molecular formula is C24H22N6O2. The van der Waals surface area contributed by atoms with Gasteiger partial charge in [-0.2, -0.15) is 5.10 Å². The summed E-state index contributed by atoms with van der Waals surface area (Å²) in [4.78, 5) is 32.1. The summed E-state index contributed by atoms with van der Waals surface area (Å²) in [7, 11) is 1.66. The normalized spacial score (nSPS) is 15.8. The lowest BCUT2D eigenvalue weighted by molar-refractivity contribution is 0.0647. The zero-order valence-corrected chi connectivity index (χ0v) is 17.6. The fourth-order valence-corrected chi connectivity index (χ4v) is 3.68. The van der Waals surface area contributed by atoms with Crippen LogP contribution >= 0.6 is 0 Å². The Bertz CT molecular complexity index is 1280. The van der Waals surface area contributed by atoms with Gasteiger partial charge in [-0.25, -0.2) is 4.98 Å². The van der Waals surface area contributed by atoms with E-state index in [4.69, 9.17) is 0 Å². The largest absolute Gasteiger partial charge is 0.338 e. The van der Waals surface area contributed by atoms with E-state index < -0.39 is 0 Å². The average molecular weight is 426 g/mol. The smallest absolute Gasteiger partial charge is 0.274 e. The fraction of sp³-hybridized carbons (Fsp3) is 0.167. The highest BCUT2D eigenvalue weighted by atomic mass is 16.2. The van der Waals surface area contributed by atoms with Crippen LogP contribution in [0.5, 0.6) is 0 Å². The number of rotatable bonds is 4. The van der Waals surface area contributed by atoms with Crippen molar-refractivity contribution in [1.29, 1.82) is 0 Å². The molecule has 4 heterocycles. The monoisotopic (exact) mass is 426 g/mol. The lowest BCUT2D eigenvalue weighted by Gasteiger charge is -2.30. The first-order valence-corrected chi connectivity index (χ1v) is 10.4. The number of likely N-dealkylation sites (tertiary alicyclic amines) is 1. The third kappa shape index (κ3) is 3.66. The summed E-state index contributed by atoms with van der Waals surface area (Å²) < 4.78 is 3.34. The van der Waals surface area contributed by atoms with Gasteiger partial charge in [0.05, 0.1) is 17.5 Å². The van der Waals surface area contributed by atoms with Crippen LogP contribution in [-0.2, 0) is 7.05 Å². The van der Waals surface area contributed by atoms with E-state index in [1.165, 1.54) is 10.9 Å². The second-order valence-electron chi connectivity index (χ2n) is 7.68. The Balaban J connectivity index is 1.36. The van der Waals surface area contributed by atoms with Crippen molar-refractivity contribution in [2.45, 2.75) is 6.42 Å². The van der Waals surface area contributed by atoms with Crippen LogP contribution in [0.4, 0.5) is 0 Å². The van der Waals surface area contributed by atoms with Gasteiger partial charge in [0.25, 0.3) is 11.8 Å². The molecule has 2 aliphatic rings. The van der Waals surface area contributed by atoms with E-state index in [-0.39, 0.29) is 17.5 Å². The first-order valence-electron chi connectivity index (χ1n) is 10.4. The van der Waals surface area contributed by atoms with E-state index in [2.05, 4.69) is 15.4 Å². The molecule has 8 heteroatoms. The summed E-state index contributed by atoms with van der Waals surface area (Å²) in [5.41, 5.74) is 3.06. The van der Waals surface area contributed by atoms with E-state index in [9.17, 15) is 9.59 Å². The topological polar surface area (TPSA) is 85.1 Å². The second-order valence-corrected chi connectivity index (χ2v) is 7.68. The van der Waals surface area contributed by atoms with Crippen molar-refractivity contribution in [2.75, 3.05) is 13.1 Å². The summed E-state index contributed by atoms with van der Waals surface area (Å²) >= 11 is 0. The number of aryl methyl sites for hydroxylation is 1. The van der Waals surface area contributed by atoms with Gasteiger partial charge in [0.15, 0.2) is 0 Å². The number of imidazole rings is 1. The predicted octanol–water partition coefficient (Wildman–Crippen LogP) is 2.94. The van der Waals surface area contributed by atoms with Crippen molar-refractivity contribution in [3.63, 3.8) is 0 Å². The Kier molecular flexibility index (Phi) is 5.03. The first kappa shape index (κ1) is 19.7. The van der Waals surface area contributed by atoms with Gasteiger partial charge in [0.1, 0.15) is 11.5 Å². The maximum atomic E-state index is 13.0. The number of amides is 2. The average Bonchev–Trinajstić information content (AvgIpc) is 3.32. The van der Waals surface area contributed by atoms with Crippen molar-refractivity contribution < 1.29 is 9.59 Å². The van der Waals surface area contributed by atoms with Crippen LogP contribution in [0.3, 0.4) is 0 Å². The van der Waals surface area contributed by atoms with Crippen LogP contribution in [0.15, 0.2) is 66.7 Å². The summed E-state index contributed by atoms with van der Waals surface area (Å²) in [6, 6.07) is 9.96. The minimum Gasteiger partial charge on any atom is -0.338 e. The number of aromatic nitrogens is 4. The summed E-state index contributed by atoms with van der Waals surface area (Å²) in [5.74, 6) is 0.249. The first-order chi connectivity index (χ1) is 15.6. The molecule has 0 radical (unpaired) electrons. The van der Waals surface area contributed by atoms with Crippen molar-refractivity contribution in [1.82, 2.24) is 29.5 Å². The van der Waals surface area contributed by atoms with Gasteiger partial charge < -0.3 is 14.8 Å². The van der Waals surface area contributed by atoms with Gasteiger partial charge in [-0.15, -0.1) is 0 Å². The van der Waals surface area contributed by atoms with E-state index in [0.29, 0.717) is 24.4 Å². The molecule has 0 saturated carbocycles. The molecule has 2 amide bonds. The van der Waals surface area contributed by atoms with Crippen molar-refractivity contribution >= 4 is 24.1 Å². The molecule has 32 heavy (non-hydrogen) atoms. The number of nitrogens with zero attached hydrogens (tertiary/aromatic N) is 5. The van der Waals surface area contributed by atoms with Crippen LogP contribution in [0.2, 0.25) is 0 Å². The highest BCUT2D eigenvalue weighted by Crippen LogP contribution is 2.21. The van der Waals surface area contributed by atoms with E-state index in [1.54, 1.807) is 24.1 Å². The summed E-state index contributed by atoms with van der Waals surface area (Å²) in [6.45, 7) is 1.43. The molecule has 1 fully saturated rings. The van der Waals surface area contributed by atoms with E-state index in [0.717, 1.165) is 23.5 Å². The van der Waals surface area contributed by atoms with Crippen molar-refractivity contribution in [2.24, 2.45) is 7.05 Å². The van der Waals surface area contributed by atoms with Gasteiger partial charge >= 0.3 is 0 Å². The van der Waals surface area contributed by atoms with Crippen LogP contribution < -0.4 is 5.32 Å². The number of carbonyl (C=O) groups excluding carboxylic acids is 2. The van der Waals surface area contributed by atoms with Crippen LogP contribution in [0, 0.1) is 0 Å². The molecule has 2 aliphatic heterocycles. The molecular weight excluding hydrogens is 404 g/mol. The third-order valence-corrected chi connectivity index (χ3v) is 5.55. The van der Waals surface area contributed by atoms with E-state index >= 15 is 0 Å². The number of fused-ring (bicyclic) bond motifs is 1. The Morgan fingerprint density at radius 3 is 2.66 bits per heavy atom. The molecule has 8 nitrogen and oxygen atoms in total. The zero-order valence-electron chi connectivity index (χ0n) is 17.6. The fourth-order valence-electron chi connectivity index (χ4n) is 3.68. The molecule has 2 aromatic heterocycles. The number of allylic oxidation sites excluding steroid dienone is 3. The highest BCUT2D eigenvalue weighted by Gasteiger charge is 2.28. The molecule has 3 aromatic rings. The van der Waals surface area contributed by atoms with Gasteiger partial charge in [-0.1, -0.05) is 36.4 Å². The second kappa shape index (κ2) is 8.14. The summed E-state index contributed by atoms with van der Waals surface area (Å²) in [6.07, 6.45) is 13.5. The number of nitrogens with one attached hydrogen (secondary N) is 1. The number of benzene rings is 1. The molecule has 1 N–H and O–H groups in total. The van der Waals surface area contributed by atoms with Crippen LogP contribution in [0.1, 0.15) is 33.1 Å². The molecule has 0 bridgehead atoms. The molecule has 1 saturated heterocycles. The van der Waals surface area contributed by atoms with Gasteiger partial charge in [-0.05, 0) is 24.6 Å². The lowest BCUT2D eigenvalue weighted by atomic mass is 10.1. The molecule has 0 aliphatic carbocycles. The minimum absolute atomic E-state index is 0.159. The van der Waals surface area contributed by atoms with Gasteiger partial charge in [0, 0.05) is 43.8 Å². The molecule has 0 unspecified atom stereocenters. The Labute approximate surface area is 185 Å². The number of carbonyl (C=O) groups is 2. The quantitative estimate of drug-likeness (QED) is 0.695. The molecule has 0 atom stereocenters. The molecule has 1 aromatic carbocycles. The minimum atomic E-state index is -0.380. The Morgan fingerprint density at radius 1 is 1.09 bits per heavy atom. The Morgan fingerprint density at radius 2 is 1.91 bits per heavy atom. The molecule has 160 valence electrons. The van der Waals surface area contributed by atoms with E-state index in [1.807, 2.05) is 59.4 Å². The number of hydrogen-bond acceptors (Lipinski definition) is 4. The number of hydrogen-bond donors (Lipinski definition) is 1. The Hall–Kier alpha value is -4.20. The third-order valence-electron chi connectivity index (χ3n) is 5.55. The maximum Gasteiger partial charge on any atom is 0.274 e. The zero-order chi connectivity index (χ0) is 22.1. The van der Waals surface area contributed by atoms with Crippen molar-refractivity contribution in [3.05, 3.63) is 83.7 Å². The molecule has 0 spiro atoms. The van der Waals surface area contributed by atoms with Crippen LogP contribution in [0.25, 0.3) is 23.5 Å².